The summed E-state index contributed by atoms with van der Waals surface area (Å²) < 4.78 is 5.60. The van der Waals surface area contributed by atoms with Gasteiger partial charge in [-0.1, -0.05) is 30.3 Å². The molecule has 1 aromatic rings. The summed E-state index contributed by atoms with van der Waals surface area (Å²) in [4.78, 5) is 2.54. The van der Waals surface area contributed by atoms with Crippen molar-refractivity contribution in [1.29, 1.82) is 0 Å². The van der Waals surface area contributed by atoms with Crippen molar-refractivity contribution in [3.63, 3.8) is 0 Å². The van der Waals surface area contributed by atoms with Crippen molar-refractivity contribution in [1.82, 2.24) is 10.2 Å². The van der Waals surface area contributed by atoms with E-state index in [0.717, 1.165) is 32.5 Å². The molecular formula is C17H24N2O. The van der Waals surface area contributed by atoms with Crippen LogP contribution in [0.25, 0.3) is 0 Å². The van der Waals surface area contributed by atoms with Crippen LogP contribution in [0.2, 0.25) is 0 Å². The molecule has 20 heavy (non-hydrogen) atoms. The Morgan fingerprint density at radius 3 is 2.90 bits per heavy atom. The molecule has 0 radical (unpaired) electrons. The molecule has 3 heteroatoms. The van der Waals surface area contributed by atoms with Crippen molar-refractivity contribution in [2.24, 2.45) is 0 Å². The van der Waals surface area contributed by atoms with E-state index in [9.17, 15) is 0 Å². The monoisotopic (exact) mass is 272 g/mol. The molecule has 2 heterocycles. The molecule has 0 aromatic heterocycles. The summed E-state index contributed by atoms with van der Waals surface area (Å²) in [7, 11) is 0. The normalized spacial score (nSPS) is 26.6. The van der Waals surface area contributed by atoms with Gasteiger partial charge in [-0.2, -0.15) is 0 Å². The van der Waals surface area contributed by atoms with E-state index in [1.165, 1.54) is 18.5 Å². The van der Waals surface area contributed by atoms with Crippen LogP contribution in [0.3, 0.4) is 0 Å². The summed E-state index contributed by atoms with van der Waals surface area (Å²) >= 11 is 0. The minimum absolute atomic E-state index is 0.364. The molecule has 2 aliphatic heterocycles. The Balaban J connectivity index is 1.39. The van der Waals surface area contributed by atoms with Crippen LogP contribution in [0.1, 0.15) is 24.8 Å². The molecule has 0 amide bonds. The number of hydrogen-bond acceptors (Lipinski definition) is 3. The van der Waals surface area contributed by atoms with Crippen molar-refractivity contribution in [2.45, 2.75) is 38.0 Å². The van der Waals surface area contributed by atoms with Crippen LogP contribution < -0.4 is 5.32 Å². The van der Waals surface area contributed by atoms with Gasteiger partial charge in [-0.3, -0.25) is 4.90 Å². The van der Waals surface area contributed by atoms with Gasteiger partial charge in [0.15, 0.2) is 0 Å². The maximum absolute atomic E-state index is 5.60. The Kier molecular flexibility index (Phi) is 4.72. The molecule has 1 N–H and O–H groups in total. The Morgan fingerprint density at radius 1 is 1.20 bits per heavy atom. The van der Waals surface area contributed by atoms with Gasteiger partial charge in [-0.25, -0.2) is 0 Å². The topological polar surface area (TPSA) is 24.5 Å². The molecule has 1 fully saturated rings. The van der Waals surface area contributed by atoms with Gasteiger partial charge in [-0.05, 0) is 30.9 Å². The van der Waals surface area contributed by atoms with Gasteiger partial charge in [0.25, 0.3) is 0 Å². The zero-order valence-corrected chi connectivity index (χ0v) is 12.0. The number of allylic oxidation sites excluding steroid dienone is 1. The first-order valence-corrected chi connectivity index (χ1v) is 7.70. The van der Waals surface area contributed by atoms with Crippen LogP contribution in [-0.2, 0) is 11.3 Å². The van der Waals surface area contributed by atoms with Crippen molar-refractivity contribution in [3.8, 4) is 0 Å². The van der Waals surface area contributed by atoms with E-state index >= 15 is 0 Å². The van der Waals surface area contributed by atoms with Crippen molar-refractivity contribution in [2.75, 3.05) is 19.6 Å². The Morgan fingerprint density at radius 2 is 2.10 bits per heavy atom. The van der Waals surface area contributed by atoms with Gasteiger partial charge in [0, 0.05) is 32.2 Å². The lowest BCUT2D eigenvalue weighted by Crippen LogP contribution is -2.38. The van der Waals surface area contributed by atoms with Crippen molar-refractivity contribution < 1.29 is 4.74 Å². The Labute approximate surface area is 121 Å². The number of nitrogens with zero attached hydrogens (tertiary/aromatic N) is 1. The summed E-state index contributed by atoms with van der Waals surface area (Å²) in [5, 5.41) is 3.67. The molecule has 2 atom stereocenters. The Bertz CT molecular complexity index is 432. The lowest BCUT2D eigenvalue weighted by atomic mass is 10.1. The number of hydrogen-bond donors (Lipinski definition) is 1. The quantitative estimate of drug-likeness (QED) is 0.891. The maximum atomic E-state index is 5.60. The standard InChI is InChI=1S/C17H24N2O/c1-2-6-15(7-3-1)13-19-10-9-16(14-19)18-12-17-8-4-5-11-20-17/h1-3,5-7,11,16-18H,4,8-10,12-14H2. The zero-order valence-electron chi connectivity index (χ0n) is 12.0. The summed E-state index contributed by atoms with van der Waals surface area (Å²) in [6, 6.07) is 11.4. The van der Waals surface area contributed by atoms with E-state index < -0.39 is 0 Å². The van der Waals surface area contributed by atoms with Crippen molar-refractivity contribution >= 4 is 0 Å². The highest BCUT2D eigenvalue weighted by Gasteiger charge is 2.23. The fraction of sp³-hybridized carbons (Fsp3) is 0.529. The van der Waals surface area contributed by atoms with E-state index in [1.54, 1.807) is 0 Å². The number of rotatable bonds is 5. The minimum Gasteiger partial charge on any atom is -0.497 e. The lowest BCUT2D eigenvalue weighted by Gasteiger charge is -2.22. The van der Waals surface area contributed by atoms with E-state index in [4.69, 9.17) is 4.74 Å². The van der Waals surface area contributed by atoms with Crippen LogP contribution in [0.4, 0.5) is 0 Å². The number of benzene rings is 1. The van der Waals surface area contributed by atoms with Crippen LogP contribution in [0.15, 0.2) is 42.7 Å². The van der Waals surface area contributed by atoms with E-state index in [1.807, 2.05) is 6.26 Å². The minimum atomic E-state index is 0.364. The van der Waals surface area contributed by atoms with E-state index in [0.29, 0.717) is 12.1 Å². The number of likely N-dealkylation sites (tertiary alicyclic amines) is 1. The van der Waals surface area contributed by atoms with Crippen LogP contribution in [0.5, 0.6) is 0 Å². The molecule has 1 aromatic carbocycles. The van der Waals surface area contributed by atoms with Crippen molar-refractivity contribution in [3.05, 3.63) is 48.2 Å². The molecule has 2 aliphatic rings. The third-order valence-electron chi connectivity index (χ3n) is 4.18. The van der Waals surface area contributed by atoms with E-state index in [-0.39, 0.29) is 0 Å². The van der Waals surface area contributed by atoms with Gasteiger partial charge >= 0.3 is 0 Å². The predicted molar refractivity (Wildman–Crippen MR) is 81.4 cm³/mol. The molecule has 0 saturated carbocycles. The van der Waals surface area contributed by atoms with Gasteiger partial charge in [0.1, 0.15) is 6.10 Å². The van der Waals surface area contributed by atoms with Gasteiger partial charge < -0.3 is 10.1 Å². The predicted octanol–water partition coefficient (Wildman–Crippen LogP) is 2.54. The van der Waals surface area contributed by atoms with Crippen LogP contribution in [-0.4, -0.2) is 36.7 Å². The Hall–Kier alpha value is -1.32. The second-order valence-corrected chi connectivity index (χ2v) is 5.82. The molecular weight excluding hydrogens is 248 g/mol. The smallest absolute Gasteiger partial charge is 0.110 e. The molecule has 0 aliphatic carbocycles. The highest BCUT2D eigenvalue weighted by atomic mass is 16.5. The first-order valence-electron chi connectivity index (χ1n) is 7.70. The summed E-state index contributed by atoms with van der Waals surface area (Å²) in [5.74, 6) is 0. The summed E-state index contributed by atoms with van der Waals surface area (Å²) in [6.07, 6.45) is 7.86. The first kappa shape index (κ1) is 13.7. The number of ether oxygens (including phenoxy) is 1. The lowest BCUT2D eigenvalue weighted by molar-refractivity contribution is 0.119. The second kappa shape index (κ2) is 6.91. The van der Waals surface area contributed by atoms with Gasteiger partial charge in [0.2, 0.25) is 0 Å². The van der Waals surface area contributed by atoms with Gasteiger partial charge in [-0.15, -0.1) is 0 Å². The summed E-state index contributed by atoms with van der Waals surface area (Å²) in [6.45, 7) is 4.39. The fourth-order valence-corrected chi connectivity index (χ4v) is 3.02. The largest absolute Gasteiger partial charge is 0.497 e. The van der Waals surface area contributed by atoms with E-state index in [2.05, 4.69) is 46.6 Å². The highest BCUT2D eigenvalue weighted by Crippen LogP contribution is 2.14. The average molecular weight is 272 g/mol. The third-order valence-corrected chi connectivity index (χ3v) is 4.18. The number of nitrogens with one attached hydrogen (secondary N) is 1. The zero-order chi connectivity index (χ0) is 13.6. The SMILES string of the molecule is C1=COC(CNC2CCN(Cc3ccccc3)C2)CC1. The highest BCUT2D eigenvalue weighted by molar-refractivity contribution is 5.14. The third kappa shape index (κ3) is 3.84. The van der Waals surface area contributed by atoms with Gasteiger partial charge in [0.05, 0.1) is 6.26 Å². The molecule has 108 valence electrons. The molecule has 3 nitrogen and oxygen atoms in total. The summed E-state index contributed by atoms with van der Waals surface area (Å²) in [5.41, 5.74) is 1.41. The molecule has 0 bridgehead atoms. The molecule has 2 unspecified atom stereocenters. The first-order chi connectivity index (χ1) is 9.90. The maximum Gasteiger partial charge on any atom is 0.110 e. The fourth-order valence-electron chi connectivity index (χ4n) is 3.02. The molecule has 3 rings (SSSR count). The second-order valence-electron chi connectivity index (χ2n) is 5.82. The van der Waals surface area contributed by atoms with Crippen LogP contribution >= 0.6 is 0 Å². The average Bonchev–Trinajstić information content (AvgIpc) is 2.95. The van der Waals surface area contributed by atoms with Crippen LogP contribution in [0, 0.1) is 0 Å². The molecule has 1 saturated heterocycles. The molecule has 0 spiro atoms.